The van der Waals surface area contributed by atoms with E-state index < -0.39 is 24.4 Å². The van der Waals surface area contributed by atoms with Gasteiger partial charge in [-0.2, -0.15) is 0 Å². The number of ether oxygens (including phenoxy) is 2. The summed E-state index contributed by atoms with van der Waals surface area (Å²) < 4.78 is 9.21. The van der Waals surface area contributed by atoms with Gasteiger partial charge in [-0.25, -0.2) is 9.59 Å². The Kier molecular flexibility index (Phi) is 13.3. The Morgan fingerprint density at radius 3 is 2.21 bits per heavy atom. The second kappa shape index (κ2) is 12.8. The summed E-state index contributed by atoms with van der Waals surface area (Å²) in [4.78, 5) is 21.4. The molecule has 0 spiro atoms. The van der Waals surface area contributed by atoms with Crippen LogP contribution in [0.1, 0.15) is 13.8 Å². The van der Waals surface area contributed by atoms with E-state index in [1.165, 1.54) is 6.92 Å². The summed E-state index contributed by atoms with van der Waals surface area (Å²) in [5, 5.41) is 26.3. The zero-order valence-corrected chi connectivity index (χ0v) is 11.0. The lowest BCUT2D eigenvalue weighted by Crippen LogP contribution is -2.36. The molecule has 0 saturated heterocycles. The molecule has 112 valence electrons. The molecule has 0 fully saturated rings. The molecule has 8 heteroatoms. The van der Waals surface area contributed by atoms with Crippen molar-refractivity contribution in [3.8, 4) is 0 Å². The Balaban J connectivity index is 0. The lowest BCUT2D eigenvalue weighted by atomic mass is 10.4. The van der Waals surface area contributed by atoms with Crippen LogP contribution >= 0.6 is 0 Å². The number of alkyl carbamates (subject to hydrolysis) is 1. The van der Waals surface area contributed by atoms with Crippen LogP contribution in [0.2, 0.25) is 0 Å². The van der Waals surface area contributed by atoms with Crippen LogP contribution in [0.5, 0.6) is 0 Å². The molecule has 19 heavy (non-hydrogen) atoms. The molecule has 1 amide bonds. The third-order valence-corrected chi connectivity index (χ3v) is 1.48. The van der Waals surface area contributed by atoms with E-state index in [1.807, 2.05) is 0 Å². The summed E-state index contributed by atoms with van der Waals surface area (Å²) in [5.74, 6) is -0.593. The van der Waals surface area contributed by atoms with Crippen molar-refractivity contribution in [2.24, 2.45) is 0 Å². The van der Waals surface area contributed by atoms with Gasteiger partial charge < -0.3 is 24.8 Å². The highest BCUT2D eigenvalue weighted by Crippen LogP contribution is 1.89. The number of hydrogen-bond donors (Lipinski definition) is 4. The van der Waals surface area contributed by atoms with Gasteiger partial charge in [0.25, 0.3) is 0 Å². The molecule has 0 aromatic rings. The van der Waals surface area contributed by atoms with Gasteiger partial charge in [0.15, 0.2) is 6.23 Å². The van der Waals surface area contributed by atoms with Crippen LogP contribution in [0.15, 0.2) is 12.7 Å². The Morgan fingerprint density at radius 2 is 1.89 bits per heavy atom. The predicted molar refractivity (Wildman–Crippen MR) is 66.1 cm³/mol. The molecule has 0 aliphatic rings. The van der Waals surface area contributed by atoms with Crippen molar-refractivity contribution >= 4 is 12.1 Å². The summed E-state index contributed by atoms with van der Waals surface area (Å²) in [6.07, 6.45) is -1.27. The Morgan fingerprint density at radius 1 is 1.37 bits per heavy atom. The van der Waals surface area contributed by atoms with Crippen LogP contribution in [0.25, 0.3) is 0 Å². The maximum atomic E-state index is 10.8. The van der Waals surface area contributed by atoms with Crippen molar-refractivity contribution in [1.29, 1.82) is 0 Å². The first kappa shape index (κ1) is 19.7. The monoisotopic (exact) mass is 279 g/mol. The molecule has 0 aliphatic heterocycles. The third-order valence-electron chi connectivity index (χ3n) is 1.48. The highest BCUT2D eigenvalue weighted by atomic mass is 16.6. The van der Waals surface area contributed by atoms with E-state index in [9.17, 15) is 9.59 Å². The van der Waals surface area contributed by atoms with E-state index in [-0.39, 0.29) is 19.8 Å². The van der Waals surface area contributed by atoms with Crippen LogP contribution < -0.4 is 5.32 Å². The summed E-state index contributed by atoms with van der Waals surface area (Å²) in [6, 6.07) is 0. The zero-order chi connectivity index (χ0) is 15.3. The minimum Gasteiger partial charge on any atom is -0.450 e. The van der Waals surface area contributed by atoms with Gasteiger partial charge in [0.1, 0.15) is 6.10 Å². The fraction of sp³-hybridized carbons (Fsp3) is 0.636. The number of nitrogens with one attached hydrogen (secondary N) is 1. The Bertz CT molecular complexity index is 266. The fourth-order valence-electron chi connectivity index (χ4n) is 0.648. The Hall–Kier alpha value is -1.64. The normalized spacial score (nSPS) is 10.8. The van der Waals surface area contributed by atoms with Crippen molar-refractivity contribution in [3.63, 3.8) is 0 Å². The predicted octanol–water partition coefficient (Wildman–Crippen LogP) is -0.860. The second-order valence-electron chi connectivity index (χ2n) is 3.17. The lowest BCUT2D eigenvalue weighted by Gasteiger charge is -2.12. The number of carbonyl (C=O) groups excluding carboxylic acids is 2. The third kappa shape index (κ3) is 14.3. The number of amides is 1. The first-order valence-corrected chi connectivity index (χ1v) is 5.57. The van der Waals surface area contributed by atoms with Crippen molar-refractivity contribution in [2.75, 3.05) is 19.8 Å². The molecule has 0 saturated carbocycles. The van der Waals surface area contributed by atoms with Crippen molar-refractivity contribution < 1.29 is 34.4 Å². The molecule has 8 nitrogen and oxygen atoms in total. The van der Waals surface area contributed by atoms with Gasteiger partial charge in [0, 0.05) is 6.08 Å². The van der Waals surface area contributed by atoms with E-state index in [1.54, 1.807) is 6.92 Å². The molecule has 0 aromatic heterocycles. The number of hydrogen-bond acceptors (Lipinski definition) is 7. The summed E-state index contributed by atoms with van der Waals surface area (Å²) in [5.41, 5.74) is 0. The lowest BCUT2D eigenvalue weighted by molar-refractivity contribution is -0.143. The van der Waals surface area contributed by atoms with Gasteiger partial charge in [0.2, 0.25) is 0 Å². The molecular weight excluding hydrogens is 258 g/mol. The van der Waals surface area contributed by atoms with Gasteiger partial charge in [-0.3, -0.25) is 5.32 Å². The van der Waals surface area contributed by atoms with Gasteiger partial charge in [0.05, 0.1) is 19.8 Å². The molecule has 0 heterocycles. The number of aliphatic hydroxyl groups excluding tert-OH is 3. The smallest absolute Gasteiger partial charge is 0.409 e. The van der Waals surface area contributed by atoms with Gasteiger partial charge in [-0.05, 0) is 13.8 Å². The van der Waals surface area contributed by atoms with Gasteiger partial charge in [-0.1, -0.05) is 6.58 Å². The van der Waals surface area contributed by atoms with Crippen molar-refractivity contribution in [1.82, 2.24) is 5.32 Å². The van der Waals surface area contributed by atoms with E-state index in [0.717, 1.165) is 6.08 Å². The van der Waals surface area contributed by atoms with Crippen LogP contribution in [-0.2, 0) is 14.3 Å². The molecule has 0 aromatic carbocycles. The summed E-state index contributed by atoms with van der Waals surface area (Å²) >= 11 is 0. The summed E-state index contributed by atoms with van der Waals surface area (Å²) in [6.45, 7) is 5.95. The van der Waals surface area contributed by atoms with E-state index in [4.69, 9.17) is 15.3 Å². The van der Waals surface area contributed by atoms with Crippen LogP contribution in [0, 0.1) is 0 Å². The standard InChI is InChI=1S/C8H13NO4.C3H8O3/c1-4-7(10)13-6(3)9-8(11)12-5-2;4-1-3(6)2-5/h4,6H,1,5H2,2-3H3,(H,9,11);3-6H,1-2H2. The molecule has 0 rings (SSSR count). The second-order valence-corrected chi connectivity index (χ2v) is 3.17. The molecular formula is C11H21NO7. The highest BCUT2D eigenvalue weighted by Gasteiger charge is 2.09. The molecule has 1 atom stereocenters. The number of esters is 1. The number of carbonyl (C=O) groups is 2. The number of rotatable bonds is 6. The van der Waals surface area contributed by atoms with E-state index >= 15 is 0 Å². The highest BCUT2D eigenvalue weighted by molar-refractivity contribution is 5.81. The average Bonchev–Trinajstić information content (AvgIpc) is 2.38. The maximum Gasteiger partial charge on any atom is 0.409 e. The fourth-order valence-corrected chi connectivity index (χ4v) is 0.648. The van der Waals surface area contributed by atoms with Gasteiger partial charge >= 0.3 is 12.1 Å². The van der Waals surface area contributed by atoms with E-state index in [0.29, 0.717) is 0 Å². The van der Waals surface area contributed by atoms with Crippen LogP contribution in [0.3, 0.4) is 0 Å². The zero-order valence-electron chi connectivity index (χ0n) is 11.0. The Labute approximate surface area is 111 Å². The molecule has 0 bridgehead atoms. The van der Waals surface area contributed by atoms with Gasteiger partial charge in [-0.15, -0.1) is 0 Å². The first-order valence-electron chi connectivity index (χ1n) is 5.57. The average molecular weight is 279 g/mol. The molecule has 4 N–H and O–H groups in total. The largest absolute Gasteiger partial charge is 0.450 e. The minimum absolute atomic E-state index is 0.272. The molecule has 0 aliphatic carbocycles. The molecule has 0 radical (unpaired) electrons. The van der Waals surface area contributed by atoms with Crippen molar-refractivity contribution in [2.45, 2.75) is 26.2 Å². The summed E-state index contributed by atoms with van der Waals surface area (Å²) in [7, 11) is 0. The van der Waals surface area contributed by atoms with Crippen LogP contribution in [0.4, 0.5) is 4.79 Å². The SMILES string of the molecule is C=CC(=O)OC(C)NC(=O)OCC.OCC(O)CO. The number of aliphatic hydroxyl groups is 3. The quantitative estimate of drug-likeness (QED) is 0.283. The van der Waals surface area contributed by atoms with Crippen LogP contribution in [-0.4, -0.2) is 59.5 Å². The van der Waals surface area contributed by atoms with E-state index in [2.05, 4.69) is 21.4 Å². The minimum atomic E-state index is -0.954. The molecule has 1 unspecified atom stereocenters. The van der Waals surface area contributed by atoms with Crippen molar-refractivity contribution in [3.05, 3.63) is 12.7 Å². The first-order chi connectivity index (χ1) is 8.90. The topological polar surface area (TPSA) is 125 Å². The maximum absolute atomic E-state index is 10.8.